The number of phenolic OH excluding ortho intramolecular Hbond substituents is 1. The van der Waals surface area contributed by atoms with Gasteiger partial charge in [-0.05, 0) is 55.3 Å². The summed E-state index contributed by atoms with van der Waals surface area (Å²) in [6.45, 7) is 3.80. The van der Waals surface area contributed by atoms with Crippen LogP contribution in [0.5, 0.6) is 5.75 Å². The summed E-state index contributed by atoms with van der Waals surface area (Å²) in [5.41, 5.74) is 0.434. The first-order chi connectivity index (χ1) is 14.1. The van der Waals surface area contributed by atoms with Crippen LogP contribution in [0.4, 0.5) is 10.5 Å². The predicted octanol–water partition coefficient (Wildman–Crippen LogP) is 6.65. The lowest BCUT2D eigenvalue weighted by Crippen LogP contribution is -2.29. The summed E-state index contributed by atoms with van der Waals surface area (Å²) in [7, 11) is 0. The van der Waals surface area contributed by atoms with Crippen molar-refractivity contribution in [2.45, 2.75) is 32.8 Å². The van der Waals surface area contributed by atoms with Crippen LogP contribution in [-0.4, -0.2) is 22.3 Å². The highest BCUT2D eigenvalue weighted by molar-refractivity contribution is 9.10. The van der Waals surface area contributed by atoms with E-state index >= 15 is 0 Å². The van der Waals surface area contributed by atoms with Crippen molar-refractivity contribution in [1.82, 2.24) is 0 Å². The topological polar surface area (TPSA) is 95.9 Å². The van der Waals surface area contributed by atoms with Crippen molar-refractivity contribution in [3.05, 3.63) is 69.1 Å². The molecule has 0 heterocycles. The monoisotopic (exact) mass is 539 g/mol. The number of nitrogens with one attached hydrogen (secondary N) is 1. The molecule has 0 aliphatic heterocycles. The molecule has 0 radical (unpaired) electrons. The summed E-state index contributed by atoms with van der Waals surface area (Å²) in [6.07, 6.45) is 2.22. The zero-order chi connectivity index (χ0) is 22.3. The van der Waals surface area contributed by atoms with Crippen LogP contribution in [0, 0.1) is 5.41 Å². The lowest BCUT2D eigenvalue weighted by molar-refractivity contribution is -0.131. The SMILES string of the molecule is CC(C)(CC/C=C/C(=O)O)[C@H](OC(=O)Nc1ccc(Br)cc1)c1cc(Br)ccc1O. The molecule has 0 fully saturated rings. The molecule has 0 spiro atoms. The quantitative estimate of drug-likeness (QED) is 0.325. The van der Waals surface area contributed by atoms with Gasteiger partial charge in [0.15, 0.2) is 0 Å². The standard InChI is InChI=1S/C22H23Br2NO5/c1-22(2,12-4-3-5-19(27)28)20(17-13-15(24)8-11-18(17)26)30-21(29)25-16-9-6-14(23)7-10-16/h3,5-11,13,20,26H,4,12H2,1-2H3,(H,25,29)(H,27,28)/b5-3+/t20-/m1/s1. The molecule has 8 heteroatoms. The van der Waals surface area contributed by atoms with Crippen LogP contribution in [0.1, 0.15) is 38.4 Å². The summed E-state index contributed by atoms with van der Waals surface area (Å²) < 4.78 is 7.38. The molecule has 0 bridgehead atoms. The third-order valence-corrected chi connectivity index (χ3v) is 5.54. The van der Waals surface area contributed by atoms with Gasteiger partial charge in [-0.2, -0.15) is 0 Å². The number of amides is 1. The summed E-state index contributed by atoms with van der Waals surface area (Å²) in [5, 5.41) is 21.9. The average Bonchev–Trinajstić information content (AvgIpc) is 2.67. The molecular formula is C22H23Br2NO5. The minimum atomic E-state index is -1.01. The fourth-order valence-electron chi connectivity index (χ4n) is 2.94. The Labute approximate surface area is 192 Å². The van der Waals surface area contributed by atoms with Crippen LogP contribution in [-0.2, 0) is 9.53 Å². The number of carbonyl (C=O) groups is 2. The maximum atomic E-state index is 12.6. The van der Waals surface area contributed by atoms with E-state index in [0.29, 0.717) is 24.1 Å². The number of carboxylic acids is 1. The highest BCUT2D eigenvalue weighted by atomic mass is 79.9. The second-order valence-corrected chi connectivity index (χ2v) is 9.22. The number of benzene rings is 2. The molecule has 3 N–H and O–H groups in total. The molecule has 0 aliphatic rings. The molecule has 30 heavy (non-hydrogen) atoms. The molecule has 160 valence electrons. The molecule has 0 saturated heterocycles. The normalized spacial score (nSPS) is 12.5. The number of aromatic hydroxyl groups is 1. The van der Waals surface area contributed by atoms with Gasteiger partial charge in [0.1, 0.15) is 11.9 Å². The van der Waals surface area contributed by atoms with Crippen LogP contribution in [0.15, 0.2) is 63.6 Å². The Balaban J connectivity index is 2.26. The van der Waals surface area contributed by atoms with Gasteiger partial charge in [-0.3, -0.25) is 5.32 Å². The van der Waals surface area contributed by atoms with Gasteiger partial charge in [-0.1, -0.05) is 51.8 Å². The van der Waals surface area contributed by atoms with E-state index in [-0.39, 0.29) is 5.75 Å². The molecule has 2 aromatic carbocycles. The number of hydrogen-bond acceptors (Lipinski definition) is 4. The maximum Gasteiger partial charge on any atom is 0.412 e. The van der Waals surface area contributed by atoms with Crippen molar-refractivity contribution in [3.63, 3.8) is 0 Å². The molecule has 0 saturated carbocycles. The fourth-order valence-corrected chi connectivity index (χ4v) is 3.58. The van der Waals surface area contributed by atoms with E-state index < -0.39 is 23.6 Å². The summed E-state index contributed by atoms with van der Waals surface area (Å²) in [6, 6.07) is 12.0. The Hall–Kier alpha value is -2.32. The Bertz CT molecular complexity index is 926. The molecular weight excluding hydrogens is 518 g/mol. The molecule has 0 aromatic heterocycles. The van der Waals surface area contributed by atoms with Crippen LogP contribution in [0.2, 0.25) is 0 Å². The molecule has 2 aromatic rings. The van der Waals surface area contributed by atoms with Gasteiger partial charge < -0.3 is 14.9 Å². The number of carboxylic acid groups (broad SMARTS) is 1. The first-order valence-corrected chi connectivity index (χ1v) is 10.8. The van der Waals surface area contributed by atoms with Crippen LogP contribution < -0.4 is 5.32 Å². The number of halogens is 2. The largest absolute Gasteiger partial charge is 0.508 e. The van der Waals surface area contributed by atoms with Gasteiger partial charge >= 0.3 is 12.1 Å². The molecule has 0 aliphatic carbocycles. The first-order valence-electron chi connectivity index (χ1n) is 9.19. The Morgan fingerprint density at radius 1 is 1.13 bits per heavy atom. The Kier molecular flexibility index (Phi) is 8.49. The van der Waals surface area contributed by atoms with Gasteiger partial charge in [0.25, 0.3) is 0 Å². The number of anilines is 1. The highest BCUT2D eigenvalue weighted by Gasteiger charge is 2.35. The van der Waals surface area contributed by atoms with E-state index in [9.17, 15) is 14.7 Å². The smallest absolute Gasteiger partial charge is 0.412 e. The molecule has 1 amide bonds. The van der Waals surface area contributed by atoms with E-state index in [2.05, 4.69) is 37.2 Å². The van der Waals surface area contributed by atoms with E-state index in [4.69, 9.17) is 9.84 Å². The summed E-state index contributed by atoms with van der Waals surface area (Å²) in [4.78, 5) is 23.3. The molecule has 6 nitrogen and oxygen atoms in total. The predicted molar refractivity (Wildman–Crippen MR) is 123 cm³/mol. The zero-order valence-corrected chi connectivity index (χ0v) is 19.7. The van der Waals surface area contributed by atoms with E-state index in [1.807, 2.05) is 13.8 Å². The van der Waals surface area contributed by atoms with Crippen LogP contribution in [0.3, 0.4) is 0 Å². The van der Waals surface area contributed by atoms with E-state index in [1.54, 1.807) is 42.5 Å². The van der Waals surface area contributed by atoms with Crippen LogP contribution in [0.25, 0.3) is 0 Å². The first kappa shape index (κ1) is 24.0. The minimum absolute atomic E-state index is 0.00814. The van der Waals surface area contributed by atoms with Gasteiger partial charge in [-0.25, -0.2) is 9.59 Å². The number of ether oxygens (including phenoxy) is 1. The van der Waals surface area contributed by atoms with Gasteiger partial charge in [-0.15, -0.1) is 0 Å². The fraction of sp³-hybridized carbons (Fsp3) is 0.273. The van der Waals surface area contributed by atoms with Gasteiger partial charge in [0, 0.05) is 31.7 Å². The lowest BCUT2D eigenvalue weighted by atomic mass is 9.78. The second-order valence-electron chi connectivity index (χ2n) is 7.39. The lowest BCUT2D eigenvalue weighted by Gasteiger charge is -2.34. The molecule has 1 atom stereocenters. The minimum Gasteiger partial charge on any atom is -0.508 e. The maximum absolute atomic E-state index is 12.6. The molecule has 2 rings (SSSR count). The Morgan fingerprint density at radius 3 is 2.40 bits per heavy atom. The third-order valence-electron chi connectivity index (χ3n) is 4.51. The van der Waals surface area contributed by atoms with Crippen molar-refractivity contribution in [2.24, 2.45) is 5.41 Å². The van der Waals surface area contributed by atoms with E-state index in [1.165, 1.54) is 6.07 Å². The summed E-state index contributed by atoms with van der Waals surface area (Å²) in [5.74, 6) is -1.01. The van der Waals surface area contributed by atoms with E-state index in [0.717, 1.165) is 15.0 Å². The van der Waals surface area contributed by atoms with Crippen molar-refractivity contribution in [2.75, 3.05) is 5.32 Å². The number of allylic oxidation sites excluding steroid dienone is 1. The zero-order valence-electron chi connectivity index (χ0n) is 16.6. The number of hydrogen-bond donors (Lipinski definition) is 3. The third kappa shape index (κ3) is 7.18. The number of rotatable bonds is 8. The van der Waals surface area contributed by atoms with Crippen LogP contribution >= 0.6 is 31.9 Å². The van der Waals surface area contributed by atoms with Crippen molar-refractivity contribution in [3.8, 4) is 5.75 Å². The van der Waals surface area contributed by atoms with Gasteiger partial charge in [0.05, 0.1) is 0 Å². The molecule has 0 unspecified atom stereocenters. The van der Waals surface area contributed by atoms with Crippen molar-refractivity contribution < 1.29 is 24.5 Å². The average molecular weight is 541 g/mol. The number of phenols is 1. The Morgan fingerprint density at radius 2 is 1.77 bits per heavy atom. The second kappa shape index (κ2) is 10.6. The summed E-state index contributed by atoms with van der Waals surface area (Å²) >= 11 is 6.73. The number of aliphatic carboxylic acids is 1. The van der Waals surface area contributed by atoms with Gasteiger partial charge in [0.2, 0.25) is 0 Å². The van der Waals surface area contributed by atoms with Crippen molar-refractivity contribution in [1.29, 1.82) is 0 Å². The highest BCUT2D eigenvalue weighted by Crippen LogP contribution is 2.44. The van der Waals surface area contributed by atoms with Crippen molar-refractivity contribution >= 4 is 49.6 Å². The number of carbonyl (C=O) groups excluding carboxylic acids is 1.